The van der Waals surface area contributed by atoms with E-state index in [9.17, 15) is 18.4 Å². The first-order valence-electron chi connectivity index (χ1n) is 7.97. The van der Waals surface area contributed by atoms with E-state index in [-0.39, 0.29) is 33.2 Å². The zero-order valence-electron chi connectivity index (χ0n) is 15.1. The van der Waals surface area contributed by atoms with Crippen molar-refractivity contribution in [2.24, 2.45) is 0 Å². The molecule has 154 valence electrons. The molecule has 26 heavy (non-hydrogen) atoms. The van der Waals surface area contributed by atoms with E-state index in [1.165, 1.54) is 0 Å². The predicted octanol–water partition coefficient (Wildman–Crippen LogP) is 0.624. The van der Waals surface area contributed by atoms with Crippen molar-refractivity contribution in [2.75, 3.05) is 53.5 Å². The number of hydrogen-bond acceptors (Lipinski definition) is 8. The molecule has 10 nitrogen and oxygen atoms in total. The van der Waals surface area contributed by atoms with Crippen LogP contribution in [0.1, 0.15) is 13.8 Å². The van der Waals surface area contributed by atoms with E-state index in [4.69, 9.17) is 14.2 Å². The number of nitrogens with one attached hydrogen (secondary N) is 3. The summed E-state index contributed by atoms with van der Waals surface area (Å²) in [5, 5.41) is 7.39. The number of amides is 2. The molecule has 2 amide bonds. The number of hydrogen-bond donors (Lipinski definition) is 3. The maximum Gasteiger partial charge on any atom is 0.408 e. The van der Waals surface area contributed by atoms with E-state index in [1.54, 1.807) is 13.8 Å². The molecule has 0 aromatic rings. The van der Waals surface area contributed by atoms with E-state index < -0.39 is 30.9 Å². The average molecular weight is 387 g/mol. The lowest BCUT2D eigenvalue weighted by Crippen LogP contribution is -2.43. The Kier molecular flexibility index (Phi) is 13.4. The van der Waals surface area contributed by atoms with Gasteiger partial charge in [0.1, 0.15) is 13.2 Å². The fourth-order valence-corrected chi connectivity index (χ4v) is 1.42. The summed E-state index contributed by atoms with van der Waals surface area (Å²) in [6.45, 7) is 2.73. The van der Waals surface area contributed by atoms with Crippen molar-refractivity contribution in [3.8, 4) is 0 Å². The Bertz CT molecular complexity index is 403. The van der Waals surface area contributed by atoms with Crippen molar-refractivity contribution in [1.29, 1.82) is 0 Å². The fourth-order valence-electron chi connectivity index (χ4n) is 1.42. The molecule has 0 aromatic carbocycles. The van der Waals surface area contributed by atoms with Gasteiger partial charge >= 0.3 is 18.3 Å². The topological polar surface area (TPSA) is 116 Å². The number of carbonyl (C=O) groups excluding carboxylic acids is 2. The van der Waals surface area contributed by atoms with Crippen molar-refractivity contribution in [1.82, 2.24) is 16.0 Å². The number of alkyl halides is 2. The molecule has 0 spiro atoms. The Morgan fingerprint density at radius 3 is 2.23 bits per heavy atom. The van der Waals surface area contributed by atoms with E-state index in [1.807, 2.05) is 0 Å². The standard InChI is InChI=1S/C14H27F2N3O7/c1-4-23-10-19-11(6-24-8-14(15,16)22-3)7-26-13(21)18-9-17-12(20)25-5-2/h11,19H,4-10H2,1-3H3,(H,17,20)(H,18,21). The number of carbonyl (C=O) groups is 2. The van der Waals surface area contributed by atoms with E-state index in [0.29, 0.717) is 6.61 Å². The minimum atomic E-state index is -3.40. The van der Waals surface area contributed by atoms with Crippen LogP contribution in [0, 0.1) is 0 Å². The van der Waals surface area contributed by atoms with Crippen LogP contribution < -0.4 is 16.0 Å². The third kappa shape index (κ3) is 13.5. The molecule has 1 unspecified atom stereocenters. The summed E-state index contributed by atoms with van der Waals surface area (Å²) in [7, 11) is 0.867. The van der Waals surface area contributed by atoms with E-state index in [0.717, 1.165) is 7.11 Å². The van der Waals surface area contributed by atoms with Crippen LogP contribution in [-0.2, 0) is 23.7 Å². The number of rotatable bonds is 14. The van der Waals surface area contributed by atoms with Gasteiger partial charge in [0.15, 0.2) is 0 Å². The van der Waals surface area contributed by atoms with Crippen LogP contribution in [0.25, 0.3) is 0 Å². The smallest absolute Gasteiger partial charge is 0.408 e. The molecule has 0 fully saturated rings. The van der Waals surface area contributed by atoms with Crippen molar-refractivity contribution < 1.29 is 42.1 Å². The largest absolute Gasteiger partial charge is 0.450 e. The molecule has 1 atom stereocenters. The highest BCUT2D eigenvalue weighted by Crippen LogP contribution is 2.13. The Hall–Kier alpha value is -1.76. The highest BCUT2D eigenvalue weighted by molar-refractivity contribution is 5.70. The summed E-state index contributed by atoms with van der Waals surface area (Å²) < 4.78 is 49.4. The van der Waals surface area contributed by atoms with Gasteiger partial charge in [0.05, 0.1) is 32.7 Å². The Morgan fingerprint density at radius 2 is 1.65 bits per heavy atom. The molecule has 0 aliphatic heterocycles. The molecular weight excluding hydrogens is 360 g/mol. The molecule has 0 aromatic heterocycles. The van der Waals surface area contributed by atoms with Crippen molar-refractivity contribution in [2.45, 2.75) is 26.0 Å². The number of alkyl carbamates (subject to hydrolysis) is 2. The highest BCUT2D eigenvalue weighted by atomic mass is 19.3. The monoisotopic (exact) mass is 387 g/mol. The summed E-state index contributed by atoms with van der Waals surface area (Å²) in [6, 6.07) is -0.585. The number of ether oxygens (including phenoxy) is 5. The molecule has 0 radical (unpaired) electrons. The van der Waals surface area contributed by atoms with E-state index in [2.05, 4.69) is 25.4 Å². The lowest BCUT2D eigenvalue weighted by Gasteiger charge is -2.20. The third-order valence-corrected chi connectivity index (χ3v) is 2.72. The van der Waals surface area contributed by atoms with Crippen LogP contribution in [0.2, 0.25) is 0 Å². The van der Waals surface area contributed by atoms with Crippen LogP contribution in [0.5, 0.6) is 0 Å². The normalized spacial score (nSPS) is 12.3. The number of methoxy groups -OCH3 is 1. The summed E-state index contributed by atoms with van der Waals surface area (Å²) in [5.74, 6) is 0. The molecule has 0 aliphatic rings. The lowest BCUT2D eigenvalue weighted by atomic mass is 10.3. The van der Waals surface area contributed by atoms with Gasteiger partial charge in [-0.25, -0.2) is 9.59 Å². The van der Waals surface area contributed by atoms with Crippen LogP contribution in [-0.4, -0.2) is 77.9 Å². The minimum absolute atomic E-state index is 0.126. The molecule has 0 bridgehead atoms. The van der Waals surface area contributed by atoms with Gasteiger partial charge in [-0.05, 0) is 13.8 Å². The molecule has 12 heteroatoms. The average Bonchev–Trinajstić information content (AvgIpc) is 2.59. The number of halogens is 2. The third-order valence-electron chi connectivity index (χ3n) is 2.72. The SMILES string of the molecule is CCOCNC(COCC(F)(F)OC)COC(=O)NCNC(=O)OCC. The van der Waals surface area contributed by atoms with Crippen LogP contribution in [0.3, 0.4) is 0 Å². The van der Waals surface area contributed by atoms with Gasteiger partial charge in [-0.15, -0.1) is 0 Å². The second-order valence-corrected chi connectivity index (χ2v) is 4.74. The maximum absolute atomic E-state index is 13.0. The molecule has 0 saturated carbocycles. The van der Waals surface area contributed by atoms with Gasteiger partial charge in [0.2, 0.25) is 0 Å². The molecule has 0 saturated heterocycles. The minimum Gasteiger partial charge on any atom is -0.450 e. The Labute approximate surface area is 150 Å². The van der Waals surface area contributed by atoms with Gasteiger partial charge in [0, 0.05) is 13.7 Å². The molecule has 0 heterocycles. The zero-order chi connectivity index (χ0) is 19.8. The summed E-state index contributed by atoms with van der Waals surface area (Å²) in [5.41, 5.74) is 0. The second-order valence-electron chi connectivity index (χ2n) is 4.74. The Balaban J connectivity index is 4.14. The fraction of sp³-hybridized carbons (Fsp3) is 0.857. The van der Waals surface area contributed by atoms with Gasteiger partial charge in [0.25, 0.3) is 0 Å². The first kappa shape index (κ1) is 24.2. The lowest BCUT2D eigenvalue weighted by molar-refractivity contribution is -0.250. The highest BCUT2D eigenvalue weighted by Gasteiger charge is 2.29. The maximum atomic E-state index is 13.0. The summed E-state index contributed by atoms with van der Waals surface area (Å²) >= 11 is 0. The summed E-state index contributed by atoms with van der Waals surface area (Å²) in [4.78, 5) is 22.6. The van der Waals surface area contributed by atoms with Crippen LogP contribution in [0.4, 0.5) is 18.4 Å². The van der Waals surface area contributed by atoms with E-state index >= 15 is 0 Å². The molecule has 0 rings (SSSR count). The van der Waals surface area contributed by atoms with Crippen molar-refractivity contribution in [3.63, 3.8) is 0 Å². The first-order valence-corrected chi connectivity index (χ1v) is 7.97. The van der Waals surface area contributed by atoms with Gasteiger partial charge in [-0.2, -0.15) is 8.78 Å². The van der Waals surface area contributed by atoms with Crippen molar-refractivity contribution in [3.05, 3.63) is 0 Å². The van der Waals surface area contributed by atoms with Gasteiger partial charge < -0.3 is 34.3 Å². The Morgan fingerprint density at radius 1 is 1.00 bits per heavy atom. The summed E-state index contributed by atoms with van der Waals surface area (Å²) in [6.07, 6.45) is -4.90. The van der Waals surface area contributed by atoms with Crippen molar-refractivity contribution >= 4 is 12.2 Å². The van der Waals surface area contributed by atoms with Gasteiger partial charge in [-0.1, -0.05) is 0 Å². The quantitative estimate of drug-likeness (QED) is 0.293. The van der Waals surface area contributed by atoms with Crippen LogP contribution in [0.15, 0.2) is 0 Å². The van der Waals surface area contributed by atoms with Gasteiger partial charge in [-0.3, -0.25) is 5.32 Å². The molecule has 0 aliphatic carbocycles. The van der Waals surface area contributed by atoms with Crippen LogP contribution >= 0.6 is 0 Å². The predicted molar refractivity (Wildman–Crippen MR) is 85.7 cm³/mol. The first-order chi connectivity index (χ1) is 12.3. The molecule has 3 N–H and O–H groups in total. The second kappa shape index (κ2) is 14.4. The molecular formula is C14H27F2N3O7. The zero-order valence-corrected chi connectivity index (χ0v) is 15.1.